The molecule has 0 bridgehead atoms. The number of amides is 3. The number of carbonyl (C=O) groups is 3. The van der Waals surface area contributed by atoms with E-state index in [1.54, 1.807) is 47.2 Å². The Morgan fingerprint density at radius 3 is 2.76 bits per heavy atom. The summed E-state index contributed by atoms with van der Waals surface area (Å²) in [5.41, 5.74) is 1.68. The molecule has 0 radical (unpaired) electrons. The molecule has 1 aliphatic rings. The van der Waals surface area contributed by atoms with Crippen LogP contribution >= 0.6 is 0 Å². The lowest BCUT2D eigenvalue weighted by Gasteiger charge is -2.09. The van der Waals surface area contributed by atoms with Gasteiger partial charge in [-0.1, -0.05) is 13.0 Å². The average Bonchev–Trinajstić information content (AvgIpc) is 3.16. The van der Waals surface area contributed by atoms with E-state index < -0.39 is 12.0 Å². The molecule has 1 fully saturated rings. The first-order valence-electron chi connectivity index (χ1n) is 7.87. The van der Waals surface area contributed by atoms with Crippen LogP contribution in [0.5, 0.6) is 0 Å². The van der Waals surface area contributed by atoms with Crippen molar-refractivity contribution in [3.63, 3.8) is 0 Å². The van der Waals surface area contributed by atoms with Crippen LogP contribution in [-0.4, -0.2) is 39.0 Å². The summed E-state index contributed by atoms with van der Waals surface area (Å²) in [4.78, 5) is 36.5. The standard InChI is InChI=1S/C18H17N3O4/c1-2-8-21-16(22)15(19-18(21)25)11-14-7-4-9-20(14)13-6-3-5-12(10-13)17(23)24/h3-7,9-11H,2,8H2,1H3,(H,19,25)(H,23,24)/b15-11+. The van der Waals surface area contributed by atoms with E-state index in [-0.39, 0.29) is 17.2 Å². The number of carboxylic acids is 1. The third kappa shape index (κ3) is 3.16. The lowest BCUT2D eigenvalue weighted by molar-refractivity contribution is -0.122. The number of hydrogen-bond acceptors (Lipinski definition) is 3. The zero-order valence-electron chi connectivity index (χ0n) is 13.6. The molecule has 0 aliphatic carbocycles. The molecule has 0 saturated carbocycles. The van der Waals surface area contributed by atoms with Gasteiger partial charge in [0.05, 0.1) is 5.56 Å². The number of urea groups is 1. The highest BCUT2D eigenvalue weighted by Gasteiger charge is 2.32. The number of aromatic nitrogens is 1. The van der Waals surface area contributed by atoms with Gasteiger partial charge < -0.3 is 15.0 Å². The predicted octanol–water partition coefficient (Wildman–Crippen LogP) is 2.48. The Balaban J connectivity index is 1.95. The van der Waals surface area contributed by atoms with Gasteiger partial charge in [-0.25, -0.2) is 9.59 Å². The Hall–Kier alpha value is -3.35. The van der Waals surface area contributed by atoms with E-state index in [2.05, 4.69) is 5.32 Å². The zero-order chi connectivity index (χ0) is 18.0. The van der Waals surface area contributed by atoms with Gasteiger partial charge in [0.2, 0.25) is 0 Å². The molecule has 3 amide bonds. The lowest BCUT2D eigenvalue weighted by Crippen LogP contribution is -2.31. The van der Waals surface area contributed by atoms with Gasteiger partial charge in [0.1, 0.15) is 5.70 Å². The summed E-state index contributed by atoms with van der Waals surface area (Å²) in [5.74, 6) is -1.37. The van der Waals surface area contributed by atoms with Crippen molar-refractivity contribution in [2.45, 2.75) is 13.3 Å². The van der Waals surface area contributed by atoms with Gasteiger partial charge in [-0.3, -0.25) is 9.69 Å². The fourth-order valence-electron chi connectivity index (χ4n) is 2.68. The number of nitrogens with one attached hydrogen (secondary N) is 1. The third-order valence-corrected chi connectivity index (χ3v) is 3.85. The molecule has 7 nitrogen and oxygen atoms in total. The van der Waals surface area contributed by atoms with Crippen molar-refractivity contribution >= 4 is 24.0 Å². The molecule has 1 aliphatic heterocycles. The van der Waals surface area contributed by atoms with Crippen LogP contribution in [-0.2, 0) is 4.79 Å². The molecule has 2 N–H and O–H groups in total. The van der Waals surface area contributed by atoms with E-state index in [0.717, 1.165) is 0 Å². The van der Waals surface area contributed by atoms with E-state index >= 15 is 0 Å². The molecular weight excluding hydrogens is 322 g/mol. The number of hydrogen-bond donors (Lipinski definition) is 2. The monoisotopic (exact) mass is 339 g/mol. The minimum absolute atomic E-state index is 0.171. The summed E-state index contributed by atoms with van der Waals surface area (Å²) in [6.45, 7) is 2.26. The number of benzene rings is 1. The lowest BCUT2D eigenvalue weighted by atomic mass is 10.2. The summed E-state index contributed by atoms with van der Waals surface area (Å²) < 4.78 is 1.75. The first-order chi connectivity index (χ1) is 12.0. The number of aromatic carboxylic acids is 1. The van der Waals surface area contributed by atoms with E-state index in [1.807, 2.05) is 6.92 Å². The van der Waals surface area contributed by atoms with Crippen molar-refractivity contribution in [1.82, 2.24) is 14.8 Å². The maximum atomic E-state index is 12.3. The van der Waals surface area contributed by atoms with E-state index in [4.69, 9.17) is 5.11 Å². The van der Waals surface area contributed by atoms with Crippen LogP contribution in [0.4, 0.5) is 4.79 Å². The van der Waals surface area contributed by atoms with Crippen molar-refractivity contribution in [2.75, 3.05) is 6.54 Å². The van der Waals surface area contributed by atoms with Gasteiger partial charge >= 0.3 is 12.0 Å². The molecule has 2 heterocycles. The largest absolute Gasteiger partial charge is 0.478 e. The minimum atomic E-state index is -1.01. The van der Waals surface area contributed by atoms with Crippen molar-refractivity contribution in [2.24, 2.45) is 0 Å². The van der Waals surface area contributed by atoms with E-state index in [0.29, 0.717) is 24.3 Å². The normalized spacial score (nSPS) is 15.7. The number of rotatable bonds is 5. The Kier molecular flexibility index (Phi) is 4.38. The van der Waals surface area contributed by atoms with Crippen LogP contribution in [0.15, 0.2) is 48.3 Å². The second-order valence-corrected chi connectivity index (χ2v) is 5.60. The maximum absolute atomic E-state index is 12.3. The smallest absolute Gasteiger partial charge is 0.335 e. The molecule has 128 valence electrons. The Bertz CT molecular complexity index is 882. The quantitative estimate of drug-likeness (QED) is 0.647. The molecule has 0 spiro atoms. The zero-order valence-corrected chi connectivity index (χ0v) is 13.6. The SMILES string of the molecule is CCCN1C(=O)N/C(=C/c2cccn2-c2cccc(C(=O)O)c2)C1=O. The van der Waals surface area contributed by atoms with Crippen molar-refractivity contribution < 1.29 is 19.5 Å². The molecule has 0 unspecified atom stereocenters. The van der Waals surface area contributed by atoms with Gasteiger partial charge in [-0.05, 0) is 42.8 Å². The maximum Gasteiger partial charge on any atom is 0.335 e. The highest BCUT2D eigenvalue weighted by atomic mass is 16.4. The molecule has 1 aromatic carbocycles. The second kappa shape index (κ2) is 6.64. The summed E-state index contributed by atoms with van der Waals surface area (Å²) >= 11 is 0. The van der Waals surface area contributed by atoms with Gasteiger partial charge in [-0.15, -0.1) is 0 Å². The van der Waals surface area contributed by atoms with Crippen LogP contribution in [0.25, 0.3) is 11.8 Å². The van der Waals surface area contributed by atoms with Crippen LogP contribution < -0.4 is 5.32 Å². The summed E-state index contributed by atoms with van der Waals surface area (Å²) in [6, 6.07) is 9.62. The van der Waals surface area contributed by atoms with Crippen molar-refractivity contribution in [3.05, 3.63) is 59.5 Å². The first kappa shape index (κ1) is 16.5. The first-order valence-corrected chi connectivity index (χ1v) is 7.87. The summed E-state index contributed by atoms with van der Waals surface area (Å²) in [7, 11) is 0. The number of imide groups is 1. The Morgan fingerprint density at radius 1 is 1.24 bits per heavy atom. The molecule has 1 aromatic heterocycles. The van der Waals surface area contributed by atoms with Crippen molar-refractivity contribution in [3.8, 4) is 5.69 Å². The van der Waals surface area contributed by atoms with Gasteiger partial charge in [0.15, 0.2) is 0 Å². The van der Waals surface area contributed by atoms with E-state index in [1.165, 1.54) is 11.0 Å². The molecule has 0 atom stereocenters. The Morgan fingerprint density at radius 2 is 2.04 bits per heavy atom. The average molecular weight is 339 g/mol. The van der Waals surface area contributed by atoms with Gasteiger partial charge in [-0.2, -0.15) is 0 Å². The van der Waals surface area contributed by atoms with E-state index in [9.17, 15) is 14.4 Å². The number of carbonyl (C=O) groups excluding carboxylic acids is 2. The molecule has 7 heteroatoms. The topological polar surface area (TPSA) is 91.6 Å². The number of carboxylic acid groups (broad SMARTS) is 1. The highest BCUT2D eigenvalue weighted by molar-refractivity contribution is 6.13. The Labute approximate surface area is 144 Å². The van der Waals surface area contributed by atoms with Gasteiger partial charge in [0, 0.05) is 24.1 Å². The van der Waals surface area contributed by atoms with Crippen molar-refractivity contribution in [1.29, 1.82) is 0 Å². The van der Waals surface area contributed by atoms with Crippen LogP contribution in [0.1, 0.15) is 29.4 Å². The predicted molar refractivity (Wildman–Crippen MR) is 91.2 cm³/mol. The minimum Gasteiger partial charge on any atom is -0.478 e. The molecule has 3 rings (SSSR count). The number of nitrogens with zero attached hydrogens (tertiary/aromatic N) is 2. The van der Waals surface area contributed by atoms with Crippen LogP contribution in [0, 0.1) is 0 Å². The molecule has 2 aromatic rings. The van der Waals surface area contributed by atoms with Gasteiger partial charge in [0.25, 0.3) is 5.91 Å². The fraction of sp³-hybridized carbons (Fsp3) is 0.167. The molecule has 1 saturated heterocycles. The summed E-state index contributed by atoms with van der Waals surface area (Å²) in [5, 5.41) is 11.7. The highest BCUT2D eigenvalue weighted by Crippen LogP contribution is 2.19. The summed E-state index contributed by atoms with van der Waals surface area (Å²) in [6.07, 6.45) is 4.03. The molecular formula is C18H17N3O4. The fourth-order valence-corrected chi connectivity index (χ4v) is 2.68. The van der Waals surface area contributed by atoms with Crippen LogP contribution in [0.3, 0.4) is 0 Å². The third-order valence-electron chi connectivity index (χ3n) is 3.85. The molecule has 25 heavy (non-hydrogen) atoms. The van der Waals surface area contributed by atoms with Crippen LogP contribution in [0.2, 0.25) is 0 Å². The second-order valence-electron chi connectivity index (χ2n) is 5.60.